The van der Waals surface area contributed by atoms with Crippen molar-refractivity contribution in [3.8, 4) is 0 Å². The zero-order valence-electron chi connectivity index (χ0n) is 11.7. The molecule has 1 unspecified atom stereocenters. The molecule has 0 saturated heterocycles. The van der Waals surface area contributed by atoms with E-state index in [0.717, 1.165) is 17.8 Å². The number of β-amino-alcohol motifs (C(OH)–C–C–N with tert-alkyl or cyclic N) is 1. The molecule has 1 amide bonds. The van der Waals surface area contributed by atoms with Gasteiger partial charge >= 0.3 is 0 Å². The van der Waals surface area contributed by atoms with Gasteiger partial charge in [-0.25, -0.2) is 0 Å². The minimum Gasteiger partial charge on any atom is -0.392 e. The van der Waals surface area contributed by atoms with Gasteiger partial charge in [-0.2, -0.15) is 0 Å². The second-order valence-electron chi connectivity index (χ2n) is 5.08. The number of rotatable bonds is 3. The molecule has 1 aromatic carbocycles. The summed E-state index contributed by atoms with van der Waals surface area (Å²) in [6.07, 6.45) is 0.111. The van der Waals surface area contributed by atoms with Crippen LogP contribution >= 0.6 is 0 Å². The third-order valence-electron chi connectivity index (χ3n) is 3.51. The first-order valence-corrected chi connectivity index (χ1v) is 6.90. The Morgan fingerprint density at radius 1 is 1.32 bits per heavy atom. The van der Waals surface area contributed by atoms with Gasteiger partial charge < -0.3 is 14.9 Å². The van der Waals surface area contributed by atoms with Crippen molar-refractivity contribution in [3.63, 3.8) is 0 Å². The number of hydrogen-bond donors (Lipinski definition) is 1. The van der Waals surface area contributed by atoms with Gasteiger partial charge in [0, 0.05) is 38.3 Å². The fourth-order valence-corrected chi connectivity index (χ4v) is 2.55. The molecule has 2 rings (SSSR count). The number of anilines is 1. The zero-order valence-corrected chi connectivity index (χ0v) is 11.7. The number of carbonyl (C=O) groups excluding carboxylic acids is 1. The van der Waals surface area contributed by atoms with E-state index in [0.29, 0.717) is 26.1 Å². The number of aliphatic hydroxyl groups excluding tert-OH is 1. The van der Waals surface area contributed by atoms with Gasteiger partial charge in [0.1, 0.15) is 0 Å². The second kappa shape index (κ2) is 6.06. The highest BCUT2D eigenvalue weighted by Gasteiger charge is 2.21. The number of aliphatic hydroxyl groups is 1. The molecule has 0 spiro atoms. The summed E-state index contributed by atoms with van der Waals surface area (Å²) in [5, 5.41) is 9.62. The number of amides is 1. The summed E-state index contributed by atoms with van der Waals surface area (Å²) in [6, 6.07) is 8.14. The molecule has 1 aromatic rings. The van der Waals surface area contributed by atoms with Crippen LogP contribution in [0.15, 0.2) is 24.3 Å². The maximum absolute atomic E-state index is 12.1. The molecule has 19 heavy (non-hydrogen) atoms. The van der Waals surface area contributed by atoms with E-state index >= 15 is 0 Å². The number of carbonyl (C=O) groups is 1. The first-order valence-electron chi connectivity index (χ1n) is 6.90. The van der Waals surface area contributed by atoms with E-state index in [1.165, 1.54) is 0 Å². The molecule has 104 valence electrons. The molecule has 0 aliphatic carbocycles. The van der Waals surface area contributed by atoms with Crippen LogP contribution in [0.2, 0.25) is 0 Å². The Balaban J connectivity index is 2.32. The van der Waals surface area contributed by atoms with Crippen LogP contribution in [0.5, 0.6) is 0 Å². The van der Waals surface area contributed by atoms with E-state index in [9.17, 15) is 9.90 Å². The predicted molar refractivity (Wildman–Crippen MR) is 76.0 cm³/mol. The SMILES string of the molecule is CCN1Cc2ccccc2N(CC(C)O)CCC1=O. The molecule has 0 saturated carbocycles. The summed E-state index contributed by atoms with van der Waals surface area (Å²) < 4.78 is 0. The van der Waals surface area contributed by atoms with Gasteiger partial charge in [-0.3, -0.25) is 4.79 Å². The Morgan fingerprint density at radius 3 is 2.74 bits per heavy atom. The van der Waals surface area contributed by atoms with Crippen molar-refractivity contribution in [2.45, 2.75) is 32.9 Å². The molecule has 0 radical (unpaired) electrons. The fraction of sp³-hybridized carbons (Fsp3) is 0.533. The average molecular weight is 262 g/mol. The molecule has 0 fully saturated rings. The summed E-state index contributed by atoms with van der Waals surface area (Å²) in [5.74, 6) is 0.188. The molecular weight excluding hydrogens is 240 g/mol. The van der Waals surface area contributed by atoms with Crippen molar-refractivity contribution >= 4 is 11.6 Å². The smallest absolute Gasteiger partial charge is 0.224 e. The van der Waals surface area contributed by atoms with Crippen LogP contribution in [0, 0.1) is 0 Å². The van der Waals surface area contributed by atoms with Crippen molar-refractivity contribution in [2.24, 2.45) is 0 Å². The molecule has 1 aliphatic heterocycles. The Kier molecular flexibility index (Phi) is 4.43. The van der Waals surface area contributed by atoms with Crippen LogP contribution in [-0.4, -0.2) is 41.7 Å². The molecule has 0 bridgehead atoms. The molecule has 4 nitrogen and oxygen atoms in total. The first-order chi connectivity index (χ1) is 9.11. The van der Waals surface area contributed by atoms with E-state index in [2.05, 4.69) is 17.0 Å². The van der Waals surface area contributed by atoms with Crippen LogP contribution in [0.1, 0.15) is 25.8 Å². The Morgan fingerprint density at radius 2 is 2.05 bits per heavy atom. The second-order valence-corrected chi connectivity index (χ2v) is 5.08. The summed E-state index contributed by atoms with van der Waals surface area (Å²) in [6.45, 7) is 6.41. The molecule has 1 atom stereocenters. The summed E-state index contributed by atoms with van der Waals surface area (Å²) >= 11 is 0. The van der Waals surface area contributed by atoms with Crippen molar-refractivity contribution in [2.75, 3.05) is 24.5 Å². The third-order valence-corrected chi connectivity index (χ3v) is 3.51. The lowest BCUT2D eigenvalue weighted by atomic mass is 10.1. The van der Waals surface area contributed by atoms with Crippen molar-refractivity contribution < 1.29 is 9.90 Å². The Bertz CT molecular complexity index is 446. The zero-order chi connectivity index (χ0) is 13.8. The van der Waals surface area contributed by atoms with Gasteiger partial charge in [0.25, 0.3) is 0 Å². The van der Waals surface area contributed by atoms with Crippen LogP contribution in [-0.2, 0) is 11.3 Å². The lowest BCUT2D eigenvalue weighted by Crippen LogP contribution is -2.40. The van der Waals surface area contributed by atoms with Crippen LogP contribution in [0.25, 0.3) is 0 Å². The van der Waals surface area contributed by atoms with Crippen LogP contribution < -0.4 is 4.90 Å². The highest BCUT2D eigenvalue weighted by atomic mass is 16.3. The highest BCUT2D eigenvalue weighted by Crippen LogP contribution is 2.25. The topological polar surface area (TPSA) is 43.8 Å². The summed E-state index contributed by atoms with van der Waals surface area (Å²) in [5.41, 5.74) is 2.28. The number of benzene rings is 1. The molecule has 1 aliphatic rings. The molecule has 1 N–H and O–H groups in total. The third kappa shape index (κ3) is 3.26. The quantitative estimate of drug-likeness (QED) is 0.900. The lowest BCUT2D eigenvalue weighted by Gasteiger charge is -2.33. The number of fused-ring (bicyclic) bond motifs is 1. The maximum Gasteiger partial charge on any atom is 0.224 e. The maximum atomic E-state index is 12.1. The van der Waals surface area contributed by atoms with Gasteiger partial charge in [-0.05, 0) is 25.5 Å². The highest BCUT2D eigenvalue weighted by molar-refractivity contribution is 5.78. The standard InChI is InChI=1S/C15H22N2O2/c1-3-16-11-13-6-4-5-7-14(13)17(10-12(2)18)9-8-15(16)19/h4-7,12,18H,3,8-11H2,1-2H3. The van der Waals surface area contributed by atoms with Gasteiger partial charge in [-0.15, -0.1) is 0 Å². The van der Waals surface area contributed by atoms with Crippen LogP contribution in [0.3, 0.4) is 0 Å². The Labute approximate surface area is 114 Å². The largest absolute Gasteiger partial charge is 0.392 e. The van der Waals surface area contributed by atoms with Crippen molar-refractivity contribution in [3.05, 3.63) is 29.8 Å². The minimum absolute atomic E-state index is 0.188. The van der Waals surface area contributed by atoms with Gasteiger partial charge in [0.05, 0.1) is 6.10 Å². The monoisotopic (exact) mass is 262 g/mol. The van der Waals surface area contributed by atoms with E-state index < -0.39 is 6.10 Å². The van der Waals surface area contributed by atoms with Gasteiger partial charge in [0.2, 0.25) is 5.91 Å². The van der Waals surface area contributed by atoms with E-state index in [4.69, 9.17) is 0 Å². The number of hydrogen-bond acceptors (Lipinski definition) is 3. The molecule has 1 heterocycles. The predicted octanol–water partition coefficient (Wildman–Crippen LogP) is 1.63. The van der Waals surface area contributed by atoms with Gasteiger partial charge in [0.15, 0.2) is 0 Å². The van der Waals surface area contributed by atoms with Gasteiger partial charge in [-0.1, -0.05) is 18.2 Å². The van der Waals surface area contributed by atoms with Crippen LogP contribution in [0.4, 0.5) is 5.69 Å². The molecule has 0 aromatic heterocycles. The average Bonchev–Trinajstić information content (AvgIpc) is 2.39. The first kappa shape index (κ1) is 13.9. The lowest BCUT2D eigenvalue weighted by molar-refractivity contribution is -0.131. The number of para-hydroxylation sites is 1. The fourth-order valence-electron chi connectivity index (χ4n) is 2.55. The number of nitrogens with zero attached hydrogens (tertiary/aromatic N) is 2. The van der Waals surface area contributed by atoms with E-state index in [1.54, 1.807) is 6.92 Å². The normalized spacial score (nSPS) is 17.7. The van der Waals surface area contributed by atoms with Crippen molar-refractivity contribution in [1.29, 1.82) is 0 Å². The molecule has 4 heteroatoms. The molecular formula is C15H22N2O2. The Hall–Kier alpha value is -1.55. The minimum atomic E-state index is -0.398. The summed E-state index contributed by atoms with van der Waals surface area (Å²) in [7, 11) is 0. The van der Waals surface area contributed by atoms with E-state index in [-0.39, 0.29) is 5.91 Å². The summed E-state index contributed by atoms with van der Waals surface area (Å²) in [4.78, 5) is 16.1. The van der Waals surface area contributed by atoms with E-state index in [1.807, 2.05) is 24.0 Å². The van der Waals surface area contributed by atoms with Crippen molar-refractivity contribution in [1.82, 2.24) is 4.90 Å².